The molecule has 0 amide bonds. The molecule has 0 N–H and O–H groups in total. The largest absolute Gasteiger partial charge is 2.00 e. The fraction of sp³-hybridized carbons (Fsp3) is 0.429. The van der Waals surface area contributed by atoms with Gasteiger partial charge in [-0.15, -0.1) is 4.68 Å². The molecule has 186 valence electrons. The number of halogens is 2. The van der Waals surface area contributed by atoms with Gasteiger partial charge in [-0.05, 0) is 29.4 Å². The molecule has 2 rings (SSSR count). The van der Waals surface area contributed by atoms with Crippen molar-refractivity contribution in [1.82, 2.24) is 9.78 Å². The van der Waals surface area contributed by atoms with E-state index in [2.05, 4.69) is 23.7 Å². The van der Waals surface area contributed by atoms with Crippen LogP contribution in [0.3, 0.4) is 0 Å². The van der Waals surface area contributed by atoms with E-state index >= 15 is 0 Å². The molecule has 0 bridgehead atoms. The van der Waals surface area contributed by atoms with Crippen LogP contribution in [-0.4, -0.2) is 64.0 Å². The van der Waals surface area contributed by atoms with Gasteiger partial charge in [0, 0.05) is 24.9 Å². The zero-order valence-electron chi connectivity index (χ0n) is 18.6. The van der Waals surface area contributed by atoms with Gasteiger partial charge < -0.3 is 38.8 Å². The first-order valence-corrected chi connectivity index (χ1v) is 10.5. The predicted octanol–water partition coefficient (Wildman–Crippen LogP) is -6.08. The molecule has 0 radical (unpaired) electrons. The minimum absolute atomic E-state index is 0. The summed E-state index contributed by atoms with van der Waals surface area (Å²) in [5.41, 5.74) is 1.96. The molecule has 0 unspecified atom stereocenters. The molecule has 0 aliphatic rings. The summed E-state index contributed by atoms with van der Waals surface area (Å²) in [6, 6.07) is 7.90. The fourth-order valence-electron chi connectivity index (χ4n) is 1.54. The number of hydrogen-bond donors (Lipinski definition) is 0. The molecule has 0 saturated carbocycles. The van der Waals surface area contributed by atoms with Gasteiger partial charge in [0.05, 0.1) is 34.0 Å². The van der Waals surface area contributed by atoms with Crippen molar-refractivity contribution in [1.29, 1.82) is 0 Å². The van der Waals surface area contributed by atoms with Gasteiger partial charge in [0.15, 0.2) is 0 Å². The zero-order valence-corrected chi connectivity index (χ0v) is 24.7. The molecular weight excluding hydrogens is 581 g/mol. The molecule has 0 aliphatic carbocycles. The summed E-state index contributed by atoms with van der Waals surface area (Å²) in [5, 5.41) is 12.5. The Balaban J connectivity index is -0.000000237. The van der Waals surface area contributed by atoms with Gasteiger partial charge in [-0.2, -0.15) is 0 Å². The van der Waals surface area contributed by atoms with E-state index in [4.69, 9.17) is 0 Å². The number of aromatic nitrogens is 3. The van der Waals surface area contributed by atoms with Crippen LogP contribution in [0.15, 0.2) is 40.8 Å². The molecule has 0 atom stereocenters. The Kier molecular flexibility index (Phi) is 21.3. The molecule has 1 aromatic heterocycles. The van der Waals surface area contributed by atoms with Crippen LogP contribution in [0.1, 0.15) is 0 Å². The van der Waals surface area contributed by atoms with Crippen molar-refractivity contribution >= 4 is 38.1 Å². The molecule has 2 aromatic rings. The Hall–Kier alpha value is -1.30. The van der Waals surface area contributed by atoms with Crippen LogP contribution < -0.4 is 34.3 Å². The standard InChI is InChI=1S/C12H17N6.2CH4O4S.2ClH.Zn/c1-16(2)11-7-5-10(6-8-11)14-15-12-17(3)9-13-18(12)4;2*1-5-6(2,3)4;;;/h5-9H,1-4H3;2*1H3,(H,2,3,4);2*1H;/q+1;;;;;+2/p-4. The van der Waals surface area contributed by atoms with Crippen molar-refractivity contribution in [3.63, 3.8) is 0 Å². The molecule has 0 spiro atoms. The monoisotopic (exact) mass is 601 g/mol. The molecule has 19 heteroatoms. The Morgan fingerprint density at radius 1 is 0.970 bits per heavy atom. The van der Waals surface area contributed by atoms with Crippen molar-refractivity contribution in [3.8, 4) is 0 Å². The van der Waals surface area contributed by atoms with Crippen LogP contribution in [0.2, 0.25) is 0 Å². The van der Waals surface area contributed by atoms with Crippen LogP contribution in [0.4, 0.5) is 17.3 Å². The van der Waals surface area contributed by atoms with Crippen LogP contribution in [-0.2, 0) is 62.7 Å². The van der Waals surface area contributed by atoms with E-state index in [9.17, 15) is 25.9 Å². The van der Waals surface area contributed by atoms with E-state index in [1.165, 1.54) is 0 Å². The number of azo groups is 1. The zero-order chi connectivity index (χ0) is 23.5. The number of hydrogen-bond acceptors (Lipinski definition) is 12. The van der Waals surface area contributed by atoms with Gasteiger partial charge >= 0.3 is 25.4 Å². The van der Waals surface area contributed by atoms with E-state index in [1.807, 2.05) is 61.9 Å². The summed E-state index contributed by atoms with van der Waals surface area (Å²) in [6.07, 6.45) is 1.70. The van der Waals surface area contributed by atoms with Crippen molar-refractivity contribution in [2.75, 3.05) is 33.2 Å². The summed E-state index contributed by atoms with van der Waals surface area (Å²) < 4.78 is 65.5. The summed E-state index contributed by atoms with van der Waals surface area (Å²) in [5.74, 6) is 0.701. The maximum Gasteiger partial charge on any atom is 2.00 e. The Labute approximate surface area is 218 Å². The van der Waals surface area contributed by atoms with Gasteiger partial charge in [-0.1, -0.05) is 5.11 Å². The van der Waals surface area contributed by atoms with Crippen LogP contribution in [0, 0.1) is 0 Å². The third-order valence-electron chi connectivity index (χ3n) is 3.03. The minimum Gasteiger partial charge on any atom is -1.00 e. The van der Waals surface area contributed by atoms with Gasteiger partial charge in [0.2, 0.25) is 27.1 Å². The Bertz CT molecular complexity index is 983. The average Bonchev–Trinajstić information content (AvgIpc) is 2.98. The molecule has 1 heterocycles. The fourth-order valence-corrected chi connectivity index (χ4v) is 1.54. The smallest absolute Gasteiger partial charge is 1.00 e. The van der Waals surface area contributed by atoms with E-state index < -0.39 is 20.8 Å². The summed E-state index contributed by atoms with van der Waals surface area (Å²) >= 11 is 0. The maximum atomic E-state index is 9.22. The number of aryl methyl sites for hydroxylation is 2. The van der Waals surface area contributed by atoms with Gasteiger partial charge in [-0.3, -0.25) is 8.37 Å². The number of benzene rings is 1. The first-order valence-electron chi connectivity index (χ1n) is 7.79. The predicted molar refractivity (Wildman–Crippen MR) is 103 cm³/mol. The third kappa shape index (κ3) is 18.8. The third-order valence-corrected chi connectivity index (χ3v) is 3.85. The second-order valence-electron chi connectivity index (χ2n) is 5.43. The van der Waals surface area contributed by atoms with E-state index in [1.54, 1.807) is 11.0 Å². The van der Waals surface area contributed by atoms with E-state index in [-0.39, 0.29) is 44.3 Å². The first-order chi connectivity index (χ1) is 13.7. The second-order valence-corrected chi connectivity index (χ2v) is 7.73. The minimum atomic E-state index is -4.41. The number of nitrogens with zero attached hydrogens (tertiary/aromatic N) is 6. The molecular formula is C14H23Cl2N6O8S2Zn-. The van der Waals surface area contributed by atoms with Crippen LogP contribution in [0.25, 0.3) is 0 Å². The van der Waals surface area contributed by atoms with E-state index in [0.717, 1.165) is 25.6 Å². The molecule has 14 nitrogen and oxygen atoms in total. The van der Waals surface area contributed by atoms with Crippen LogP contribution >= 0.6 is 0 Å². The molecule has 0 fully saturated rings. The number of anilines is 1. The summed E-state index contributed by atoms with van der Waals surface area (Å²) in [7, 11) is 0.526. The van der Waals surface area contributed by atoms with Gasteiger partial charge in [0.25, 0.3) is 0 Å². The molecule has 0 aliphatic heterocycles. The number of rotatable bonds is 5. The Morgan fingerprint density at radius 2 is 1.36 bits per heavy atom. The average molecular weight is 604 g/mol. The summed E-state index contributed by atoms with van der Waals surface area (Å²) in [6.45, 7) is 0. The van der Waals surface area contributed by atoms with Gasteiger partial charge in [0.1, 0.15) is 0 Å². The Morgan fingerprint density at radius 3 is 1.64 bits per heavy atom. The summed E-state index contributed by atoms with van der Waals surface area (Å²) in [4.78, 5) is 2.04. The van der Waals surface area contributed by atoms with Gasteiger partial charge in [-0.25, -0.2) is 21.4 Å². The second kappa shape index (κ2) is 18.1. The maximum absolute atomic E-state index is 9.22. The van der Waals surface area contributed by atoms with Crippen molar-refractivity contribution in [2.45, 2.75) is 0 Å². The molecule has 33 heavy (non-hydrogen) atoms. The quantitative estimate of drug-likeness (QED) is 0.105. The van der Waals surface area contributed by atoms with Crippen molar-refractivity contribution < 1.29 is 83.2 Å². The first kappa shape index (κ1) is 38.9. The van der Waals surface area contributed by atoms with Crippen molar-refractivity contribution in [3.05, 3.63) is 30.6 Å². The molecule has 0 saturated heterocycles. The SMILES string of the molecule is CN(C)c1ccc(N=Nc2n(C)nc[n+]2C)cc1.COS(=O)(=O)[O-].COS(=O)(=O)[O-].[Cl-].[Cl-].[Zn+2]. The molecule has 1 aromatic carbocycles. The topological polar surface area (TPSA) is 183 Å². The van der Waals surface area contributed by atoms with Crippen LogP contribution in [0.5, 0.6) is 0 Å². The normalized spacial score (nSPS) is 10.3. The van der Waals surface area contributed by atoms with Crippen molar-refractivity contribution in [2.24, 2.45) is 24.3 Å². The van der Waals surface area contributed by atoms with E-state index in [0.29, 0.717) is 5.95 Å².